The van der Waals surface area contributed by atoms with Crippen LogP contribution in [-0.2, 0) is 17.9 Å². The molecule has 3 aromatic rings. The number of aromatic nitrogens is 3. The number of carbonyl (C=O) groups is 2. The Kier molecular flexibility index (Phi) is 5.89. The maximum absolute atomic E-state index is 12.4. The zero-order chi connectivity index (χ0) is 18.5. The summed E-state index contributed by atoms with van der Waals surface area (Å²) in [5.41, 5.74) is 0. The van der Waals surface area contributed by atoms with Gasteiger partial charge in [-0.3, -0.25) is 14.2 Å². The quantitative estimate of drug-likeness (QED) is 0.469. The van der Waals surface area contributed by atoms with Crippen LogP contribution in [0.1, 0.15) is 28.4 Å². The third-order valence-electron chi connectivity index (χ3n) is 3.56. The van der Waals surface area contributed by atoms with E-state index in [2.05, 4.69) is 15.5 Å². The molecule has 1 N–H and O–H groups in total. The van der Waals surface area contributed by atoms with Gasteiger partial charge >= 0.3 is 0 Å². The molecule has 0 spiro atoms. The molecule has 3 heterocycles. The predicted molar refractivity (Wildman–Crippen MR) is 100 cm³/mol. The monoisotopic (exact) mass is 390 g/mol. The van der Waals surface area contributed by atoms with Crippen LogP contribution in [0, 0.1) is 0 Å². The summed E-state index contributed by atoms with van der Waals surface area (Å²) in [6.07, 6.45) is 1.59. The molecular weight excluding hydrogens is 372 g/mol. The lowest BCUT2D eigenvalue weighted by Crippen LogP contribution is -2.18. The van der Waals surface area contributed by atoms with Crippen LogP contribution in [0.2, 0.25) is 0 Å². The van der Waals surface area contributed by atoms with Crippen molar-refractivity contribution in [2.24, 2.45) is 0 Å². The maximum Gasteiger partial charge on any atom is 0.217 e. The first-order valence-electron chi connectivity index (χ1n) is 8.04. The van der Waals surface area contributed by atoms with Crippen LogP contribution in [0.3, 0.4) is 0 Å². The Morgan fingerprint density at radius 3 is 2.85 bits per heavy atom. The molecule has 0 atom stereocenters. The second kappa shape index (κ2) is 8.33. The van der Waals surface area contributed by atoms with E-state index in [4.69, 9.17) is 4.42 Å². The van der Waals surface area contributed by atoms with Crippen molar-refractivity contribution in [3.63, 3.8) is 0 Å². The first-order chi connectivity index (χ1) is 12.6. The number of ketones is 1. The molecule has 0 unspecified atom stereocenters. The van der Waals surface area contributed by atoms with Crippen LogP contribution >= 0.6 is 23.1 Å². The minimum atomic E-state index is -0.0897. The summed E-state index contributed by atoms with van der Waals surface area (Å²) < 4.78 is 7.31. The van der Waals surface area contributed by atoms with Gasteiger partial charge in [-0.15, -0.1) is 21.5 Å². The first-order valence-corrected chi connectivity index (χ1v) is 9.85. The molecule has 0 bridgehead atoms. The molecule has 0 radical (unpaired) electrons. The highest BCUT2D eigenvalue weighted by Crippen LogP contribution is 2.26. The van der Waals surface area contributed by atoms with Crippen molar-refractivity contribution in [1.29, 1.82) is 0 Å². The number of thiophene rings is 1. The van der Waals surface area contributed by atoms with Gasteiger partial charge in [0.05, 0.1) is 23.4 Å². The lowest BCUT2D eigenvalue weighted by Gasteiger charge is -2.05. The second-order valence-electron chi connectivity index (χ2n) is 5.42. The fraction of sp³-hybridized carbons (Fsp3) is 0.294. The summed E-state index contributed by atoms with van der Waals surface area (Å²) in [6.45, 7) is 4.59. The lowest BCUT2D eigenvalue weighted by atomic mass is 10.3. The fourth-order valence-electron chi connectivity index (χ4n) is 2.30. The van der Waals surface area contributed by atoms with Gasteiger partial charge in [0.15, 0.2) is 22.5 Å². The number of carbonyl (C=O) groups excluding carboxylic acids is 2. The molecule has 136 valence electrons. The number of furan rings is 1. The average molecular weight is 390 g/mol. The summed E-state index contributed by atoms with van der Waals surface area (Å²) in [5.74, 6) is 1.52. The SMILES string of the molecule is CCn1c(SCC(=O)c2ccc(CNC(C)=O)s2)nnc1-c1ccco1. The fourth-order valence-corrected chi connectivity index (χ4v) is 4.17. The van der Waals surface area contributed by atoms with Crippen LogP contribution in [0.5, 0.6) is 0 Å². The van der Waals surface area contributed by atoms with E-state index >= 15 is 0 Å². The van der Waals surface area contributed by atoms with Gasteiger partial charge in [0.25, 0.3) is 0 Å². The van der Waals surface area contributed by atoms with Gasteiger partial charge in [0.1, 0.15) is 0 Å². The number of nitrogens with zero attached hydrogens (tertiary/aromatic N) is 3. The molecule has 3 aromatic heterocycles. The number of rotatable bonds is 8. The second-order valence-corrected chi connectivity index (χ2v) is 7.53. The Hall–Kier alpha value is -2.39. The third kappa shape index (κ3) is 4.23. The molecule has 1 amide bonds. The molecule has 0 aromatic carbocycles. The van der Waals surface area contributed by atoms with E-state index in [-0.39, 0.29) is 17.4 Å². The van der Waals surface area contributed by atoms with Gasteiger partial charge in [-0.2, -0.15) is 0 Å². The lowest BCUT2D eigenvalue weighted by molar-refractivity contribution is -0.119. The van der Waals surface area contributed by atoms with Crippen LogP contribution in [0.4, 0.5) is 0 Å². The van der Waals surface area contributed by atoms with Gasteiger partial charge in [-0.05, 0) is 31.2 Å². The summed E-state index contributed by atoms with van der Waals surface area (Å²) >= 11 is 2.75. The van der Waals surface area contributed by atoms with Crippen molar-refractivity contribution < 1.29 is 14.0 Å². The van der Waals surface area contributed by atoms with Gasteiger partial charge in [0, 0.05) is 18.3 Å². The average Bonchev–Trinajstić information content (AvgIpc) is 3.37. The summed E-state index contributed by atoms with van der Waals surface area (Å²) in [5, 5.41) is 11.8. The Bertz CT molecular complexity index is 899. The van der Waals surface area contributed by atoms with E-state index in [1.54, 1.807) is 18.4 Å². The largest absolute Gasteiger partial charge is 0.461 e. The smallest absolute Gasteiger partial charge is 0.217 e. The van der Waals surface area contributed by atoms with Crippen LogP contribution in [0.25, 0.3) is 11.6 Å². The van der Waals surface area contributed by atoms with Crippen LogP contribution in [-0.4, -0.2) is 32.2 Å². The summed E-state index contributed by atoms with van der Waals surface area (Å²) in [6, 6.07) is 7.29. The number of thioether (sulfide) groups is 1. The Labute approximate surface area is 158 Å². The summed E-state index contributed by atoms with van der Waals surface area (Å²) in [4.78, 5) is 25.0. The molecule has 0 saturated carbocycles. The van der Waals surface area contributed by atoms with Gasteiger partial charge in [-0.1, -0.05) is 11.8 Å². The molecule has 3 rings (SSSR count). The highest BCUT2D eigenvalue weighted by atomic mass is 32.2. The number of amides is 1. The van der Waals surface area contributed by atoms with Crippen molar-refractivity contribution in [2.75, 3.05) is 5.75 Å². The standard InChI is InChI=1S/C17H18N4O3S2/c1-3-21-16(14-5-4-8-24-14)19-20-17(21)25-10-13(23)15-7-6-12(26-15)9-18-11(2)22/h4-8H,3,9-10H2,1-2H3,(H,18,22). The molecule has 0 saturated heterocycles. The highest BCUT2D eigenvalue weighted by Gasteiger charge is 2.17. The Balaban J connectivity index is 1.64. The third-order valence-corrected chi connectivity index (χ3v) is 5.65. The van der Waals surface area contributed by atoms with Crippen LogP contribution < -0.4 is 5.32 Å². The topological polar surface area (TPSA) is 90.0 Å². The minimum absolute atomic E-state index is 0.0271. The molecule has 26 heavy (non-hydrogen) atoms. The molecule has 9 heteroatoms. The maximum atomic E-state index is 12.4. The number of Topliss-reactive ketones (excluding diaryl/α,β-unsaturated/α-hetero) is 1. The zero-order valence-corrected chi connectivity index (χ0v) is 16.0. The van der Waals surface area contributed by atoms with Gasteiger partial charge in [-0.25, -0.2) is 0 Å². The van der Waals surface area contributed by atoms with E-state index in [1.807, 2.05) is 23.6 Å². The van der Waals surface area contributed by atoms with E-state index in [1.165, 1.54) is 30.0 Å². The predicted octanol–water partition coefficient (Wildman–Crippen LogP) is 3.23. The van der Waals surface area contributed by atoms with Gasteiger partial charge in [0.2, 0.25) is 5.91 Å². The number of hydrogen-bond acceptors (Lipinski definition) is 7. The summed E-state index contributed by atoms with van der Waals surface area (Å²) in [7, 11) is 0. The molecule has 7 nitrogen and oxygen atoms in total. The zero-order valence-electron chi connectivity index (χ0n) is 14.4. The van der Waals surface area contributed by atoms with Gasteiger partial charge < -0.3 is 9.73 Å². The van der Waals surface area contributed by atoms with Crippen molar-refractivity contribution in [2.45, 2.75) is 32.1 Å². The van der Waals surface area contributed by atoms with Crippen molar-refractivity contribution in [3.05, 3.63) is 40.3 Å². The number of hydrogen-bond donors (Lipinski definition) is 1. The molecule has 0 aliphatic heterocycles. The number of nitrogens with one attached hydrogen (secondary N) is 1. The minimum Gasteiger partial charge on any atom is -0.461 e. The molecule has 0 aliphatic rings. The van der Waals surface area contributed by atoms with E-state index in [9.17, 15) is 9.59 Å². The van der Waals surface area contributed by atoms with Crippen molar-refractivity contribution >= 4 is 34.8 Å². The highest BCUT2D eigenvalue weighted by molar-refractivity contribution is 7.99. The van der Waals surface area contributed by atoms with Crippen LogP contribution in [0.15, 0.2) is 40.1 Å². The Morgan fingerprint density at radius 2 is 2.15 bits per heavy atom. The first kappa shape index (κ1) is 18.4. The van der Waals surface area contributed by atoms with E-state index in [0.29, 0.717) is 34.7 Å². The molecule has 0 fully saturated rings. The van der Waals surface area contributed by atoms with Crippen molar-refractivity contribution in [3.8, 4) is 11.6 Å². The van der Waals surface area contributed by atoms with E-state index in [0.717, 1.165) is 4.88 Å². The van der Waals surface area contributed by atoms with Crippen molar-refractivity contribution in [1.82, 2.24) is 20.1 Å². The Morgan fingerprint density at radius 1 is 1.31 bits per heavy atom. The normalized spacial score (nSPS) is 10.8. The van der Waals surface area contributed by atoms with E-state index < -0.39 is 0 Å². The molecule has 0 aliphatic carbocycles. The molecular formula is C17H18N4O3S2.